The van der Waals surface area contributed by atoms with Gasteiger partial charge in [-0.3, -0.25) is 43.2 Å². The van der Waals surface area contributed by atoms with Gasteiger partial charge in [0, 0.05) is 42.9 Å². The Balaban J connectivity index is 1.64. The van der Waals surface area contributed by atoms with Gasteiger partial charge in [0.2, 0.25) is 47.3 Å². The van der Waals surface area contributed by atoms with Gasteiger partial charge in [-0.25, -0.2) is 0 Å². The molecule has 2 aromatic carbocycles. The van der Waals surface area contributed by atoms with E-state index in [0.29, 0.717) is 41.3 Å². The van der Waals surface area contributed by atoms with Crippen LogP contribution in [-0.2, 0) is 56.0 Å². The maximum absolute atomic E-state index is 14.3. The van der Waals surface area contributed by atoms with Crippen molar-refractivity contribution in [2.24, 2.45) is 23.1 Å². The number of aliphatic carboxylic acids is 1. The monoisotopic (exact) mass is 904 g/mol. The molecule has 65 heavy (non-hydrogen) atoms. The molecule has 1 aliphatic rings. The predicted molar refractivity (Wildman–Crippen MR) is 236 cm³/mol. The second-order valence-electron chi connectivity index (χ2n) is 16.9. The van der Waals surface area contributed by atoms with E-state index in [1.54, 1.807) is 56.4 Å². The highest BCUT2D eigenvalue weighted by atomic mass is 16.4. The average molecular weight is 905 g/mol. The number of fused-ring (bicyclic) bond motifs is 1. The summed E-state index contributed by atoms with van der Waals surface area (Å²) in [7, 11) is 0. The zero-order chi connectivity index (χ0) is 48.2. The number of aromatic nitrogens is 1. The normalized spacial score (nSPS) is 16.5. The number of hydrogen-bond donors (Lipinski definition) is 11. The second kappa shape index (κ2) is 22.5. The first-order valence-corrected chi connectivity index (χ1v) is 21.3. The molecule has 0 unspecified atom stereocenters. The number of aromatic hydroxyl groups is 1. The maximum Gasteiger partial charge on any atom is 0.305 e. The van der Waals surface area contributed by atoms with Crippen molar-refractivity contribution in [2.75, 3.05) is 6.54 Å². The summed E-state index contributed by atoms with van der Waals surface area (Å²) in [5, 5.41) is 32.9. The highest BCUT2D eigenvalue weighted by Crippen LogP contribution is 2.22. The number of carbonyl (C=O) groups excluding carboxylic acids is 8. The summed E-state index contributed by atoms with van der Waals surface area (Å²) in [4.78, 5) is 124. The van der Waals surface area contributed by atoms with Crippen molar-refractivity contribution in [2.45, 2.75) is 121 Å². The minimum absolute atomic E-state index is 0.0271. The van der Waals surface area contributed by atoms with E-state index in [4.69, 9.17) is 17.2 Å². The molecule has 21 heteroatoms. The molecule has 7 atom stereocenters. The molecule has 0 spiro atoms. The van der Waals surface area contributed by atoms with Crippen LogP contribution in [-0.4, -0.2) is 122 Å². The number of hydrogen-bond acceptors (Lipinski definition) is 11. The molecule has 4 rings (SSSR count). The fourth-order valence-electron chi connectivity index (χ4n) is 7.37. The lowest BCUT2D eigenvalue weighted by atomic mass is 9.96. The molecule has 0 radical (unpaired) electrons. The van der Waals surface area contributed by atoms with Crippen molar-refractivity contribution < 1.29 is 53.4 Å². The van der Waals surface area contributed by atoms with E-state index in [2.05, 4.69) is 31.6 Å². The number of nitrogens with one attached hydrogen (secondary N) is 6. The number of aromatic amines is 1. The van der Waals surface area contributed by atoms with E-state index in [1.165, 1.54) is 30.9 Å². The summed E-state index contributed by atoms with van der Waals surface area (Å²) in [5.41, 5.74) is 17.2. The molecule has 0 bridgehead atoms. The Morgan fingerprint density at radius 1 is 0.815 bits per heavy atom. The molecule has 1 saturated heterocycles. The van der Waals surface area contributed by atoms with Gasteiger partial charge in [-0.2, -0.15) is 0 Å². The van der Waals surface area contributed by atoms with Crippen LogP contribution in [0, 0.1) is 5.92 Å². The first-order valence-electron chi connectivity index (χ1n) is 21.3. The van der Waals surface area contributed by atoms with Gasteiger partial charge in [0.15, 0.2) is 0 Å². The minimum atomic E-state index is -1.68. The van der Waals surface area contributed by atoms with Crippen molar-refractivity contribution in [3.05, 3.63) is 65.9 Å². The van der Waals surface area contributed by atoms with Gasteiger partial charge >= 0.3 is 5.97 Å². The Labute approximate surface area is 375 Å². The number of nitrogens with zero attached hydrogens (tertiary/aromatic N) is 1. The van der Waals surface area contributed by atoms with Gasteiger partial charge in [-0.15, -0.1) is 0 Å². The summed E-state index contributed by atoms with van der Waals surface area (Å²) < 4.78 is 0. The number of H-pyrrole nitrogens is 1. The number of carboxylic acids is 1. The number of primary amides is 2. The molecular weight excluding hydrogens is 845 g/mol. The van der Waals surface area contributed by atoms with Crippen molar-refractivity contribution in [3.63, 3.8) is 0 Å². The highest BCUT2D eigenvalue weighted by molar-refractivity contribution is 5.99. The SMILES string of the molecule is CC[C@H](C)[C@H](NC(=O)[C@H](CCC(N)=O)NC(=O)[C@H](Cc1c[nH]c2ccccc12)NC(=O)[C@H](CC(=O)O)NC(=O)C(C)(C)N)C(=O)N[C@@H](Cc1ccc(O)cc1)C(=O)N1CCC[C@H]1C(N)=O. The zero-order valence-electron chi connectivity index (χ0n) is 36.8. The standard InChI is InChI=1S/C44H60N10O11/c1-5-23(2)36(41(63)51-32(19-24-12-14-26(55)15-13-24)42(64)54-18-8-11-33(54)37(46)59)53-38(60)29(16-17-34(45)56)49-39(61)30(20-25-22-48-28-10-7-6-9-27(25)28)50-40(62)31(21-35(57)58)52-43(65)44(3,4)47/h6-7,9-10,12-15,22-23,29-33,36,48,55H,5,8,11,16-21,47H2,1-4H3,(H2,45,56)(H2,46,59)(H,49,61)(H,50,62)(H,51,63)(H,52,65)(H,53,60)(H,57,58)/t23-,29-,30-,31-,32-,33-,36-/m0/s1. The third kappa shape index (κ3) is 14.2. The first-order chi connectivity index (χ1) is 30.6. The molecule has 1 aliphatic heterocycles. The molecule has 14 N–H and O–H groups in total. The number of likely N-dealkylation sites (tertiary alicyclic amines) is 1. The second-order valence-corrected chi connectivity index (χ2v) is 16.9. The number of phenolic OH excluding ortho intramolecular Hbond substituents is 1. The number of phenols is 1. The Hall–Kier alpha value is -7.03. The van der Waals surface area contributed by atoms with E-state index < -0.39 is 114 Å². The van der Waals surface area contributed by atoms with Gasteiger partial charge in [0.25, 0.3) is 0 Å². The van der Waals surface area contributed by atoms with Gasteiger partial charge in [-0.1, -0.05) is 50.6 Å². The smallest absolute Gasteiger partial charge is 0.305 e. The molecule has 1 aromatic heterocycles. The number of nitrogens with two attached hydrogens (primary N) is 3. The van der Waals surface area contributed by atoms with Crippen LogP contribution >= 0.6 is 0 Å². The fraction of sp³-hybridized carbons (Fsp3) is 0.477. The third-order valence-electron chi connectivity index (χ3n) is 11.3. The van der Waals surface area contributed by atoms with Crippen LogP contribution in [0.25, 0.3) is 10.9 Å². The van der Waals surface area contributed by atoms with Gasteiger partial charge in [-0.05, 0) is 68.4 Å². The van der Waals surface area contributed by atoms with Crippen molar-refractivity contribution >= 4 is 64.1 Å². The summed E-state index contributed by atoms with van der Waals surface area (Å²) >= 11 is 0. The summed E-state index contributed by atoms with van der Waals surface area (Å²) in [6.07, 6.45) is 0.892. The molecule has 352 valence electrons. The molecular formula is C44H60N10O11. The predicted octanol–water partition coefficient (Wildman–Crippen LogP) is -0.917. The molecule has 2 heterocycles. The van der Waals surface area contributed by atoms with Crippen molar-refractivity contribution in [1.82, 2.24) is 36.5 Å². The van der Waals surface area contributed by atoms with Crippen molar-refractivity contribution in [3.8, 4) is 5.75 Å². The first kappa shape index (κ1) is 50.6. The number of amides is 8. The lowest BCUT2D eigenvalue weighted by molar-refractivity contribution is -0.141. The van der Waals surface area contributed by atoms with Gasteiger partial charge < -0.3 is 63.9 Å². The third-order valence-corrected chi connectivity index (χ3v) is 11.3. The van der Waals surface area contributed by atoms with Gasteiger partial charge in [0.05, 0.1) is 12.0 Å². The zero-order valence-corrected chi connectivity index (χ0v) is 36.8. The quantitative estimate of drug-likeness (QED) is 0.0551. The number of carbonyl (C=O) groups is 9. The van der Waals surface area contributed by atoms with E-state index in [-0.39, 0.29) is 31.6 Å². The number of carboxylic acid groups (broad SMARTS) is 1. The molecule has 3 aromatic rings. The fourth-order valence-corrected chi connectivity index (χ4v) is 7.37. The van der Waals surface area contributed by atoms with E-state index in [1.807, 2.05) is 0 Å². The van der Waals surface area contributed by atoms with Crippen LogP contribution in [0.4, 0.5) is 0 Å². The largest absolute Gasteiger partial charge is 0.508 e. The molecule has 21 nitrogen and oxygen atoms in total. The highest BCUT2D eigenvalue weighted by Gasteiger charge is 2.39. The molecule has 0 aliphatic carbocycles. The topological polar surface area (TPSA) is 351 Å². The van der Waals surface area contributed by atoms with Crippen LogP contribution in [0.2, 0.25) is 0 Å². The number of benzene rings is 2. The van der Waals surface area contributed by atoms with Gasteiger partial charge in [0.1, 0.15) is 42.0 Å². The van der Waals surface area contributed by atoms with E-state index in [9.17, 15) is 53.4 Å². The Morgan fingerprint density at radius 2 is 1.43 bits per heavy atom. The Kier molecular flexibility index (Phi) is 17.6. The van der Waals surface area contributed by atoms with Crippen LogP contribution in [0.3, 0.4) is 0 Å². The van der Waals surface area contributed by atoms with Crippen LogP contribution in [0.5, 0.6) is 5.75 Å². The molecule has 1 fully saturated rings. The number of para-hydroxylation sites is 1. The van der Waals surface area contributed by atoms with Crippen LogP contribution in [0.1, 0.15) is 77.3 Å². The molecule has 8 amide bonds. The number of rotatable bonds is 23. The summed E-state index contributed by atoms with van der Waals surface area (Å²) in [6, 6.07) is 4.83. The maximum atomic E-state index is 14.3. The summed E-state index contributed by atoms with van der Waals surface area (Å²) in [5.74, 6) is -8.71. The van der Waals surface area contributed by atoms with E-state index in [0.717, 1.165) is 0 Å². The van der Waals surface area contributed by atoms with Crippen molar-refractivity contribution in [1.29, 1.82) is 0 Å². The lowest BCUT2D eigenvalue weighted by Gasteiger charge is -2.31. The van der Waals surface area contributed by atoms with Crippen LogP contribution in [0.15, 0.2) is 54.7 Å². The van der Waals surface area contributed by atoms with Crippen LogP contribution < -0.4 is 43.8 Å². The average Bonchev–Trinajstić information content (AvgIpc) is 3.91. The Morgan fingerprint density at radius 3 is 2.05 bits per heavy atom. The minimum Gasteiger partial charge on any atom is -0.508 e. The Bertz CT molecular complexity index is 2240. The molecule has 0 saturated carbocycles. The summed E-state index contributed by atoms with van der Waals surface area (Å²) in [6.45, 7) is 6.35. The lowest BCUT2D eigenvalue weighted by Crippen LogP contribution is -2.61. The van der Waals surface area contributed by atoms with E-state index >= 15 is 0 Å².